The van der Waals surface area contributed by atoms with Crippen molar-refractivity contribution in [1.82, 2.24) is 0 Å². The number of nitriles is 1. The minimum absolute atomic E-state index is 0.0605. The predicted octanol–water partition coefficient (Wildman–Crippen LogP) is 2.53. The maximum atomic E-state index is 13.3. The molecule has 0 bridgehead atoms. The number of hydrogen-bond acceptors (Lipinski definition) is 3. The number of benzene rings is 1. The molecule has 1 aromatic carbocycles. The van der Waals surface area contributed by atoms with Gasteiger partial charge >= 0.3 is 0 Å². The van der Waals surface area contributed by atoms with Crippen molar-refractivity contribution >= 4 is 5.69 Å². The van der Waals surface area contributed by atoms with Gasteiger partial charge in [0.15, 0.2) is 0 Å². The van der Waals surface area contributed by atoms with E-state index in [-0.39, 0.29) is 11.6 Å². The van der Waals surface area contributed by atoms with Crippen LogP contribution in [-0.4, -0.2) is 19.8 Å². The monoisotopic (exact) mass is 222 g/mol. The summed E-state index contributed by atoms with van der Waals surface area (Å²) in [5.41, 5.74) is 0.728. The summed E-state index contributed by atoms with van der Waals surface area (Å²) in [6.45, 7) is 2.59. The van der Waals surface area contributed by atoms with Crippen molar-refractivity contribution in [3.8, 4) is 6.07 Å². The molecule has 1 atom stereocenters. The maximum Gasteiger partial charge on any atom is 0.143 e. The summed E-state index contributed by atoms with van der Waals surface area (Å²) < 4.78 is 18.3. The van der Waals surface area contributed by atoms with Crippen LogP contribution in [0.2, 0.25) is 0 Å². The van der Waals surface area contributed by atoms with Crippen LogP contribution < -0.4 is 5.32 Å². The number of nitrogens with zero attached hydrogens (tertiary/aromatic N) is 1. The Bertz CT molecular complexity index is 387. The minimum Gasteiger partial charge on any atom is -0.383 e. The van der Waals surface area contributed by atoms with E-state index in [0.29, 0.717) is 12.3 Å². The average Bonchev–Trinajstić information content (AvgIpc) is 2.28. The van der Waals surface area contributed by atoms with Gasteiger partial charge in [0.1, 0.15) is 11.9 Å². The molecule has 0 heterocycles. The molecule has 0 fully saturated rings. The van der Waals surface area contributed by atoms with E-state index in [9.17, 15) is 4.39 Å². The number of nitrogens with one attached hydrogen (secondary N) is 1. The quantitative estimate of drug-likeness (QED) is 0.832. The topological polar surface area (TPSA) is 45.0 Å². The zero-order valence-corrected chi connectivity index (χ0v) is 9.46. The fourth-order valence-corrected chi connectivity index (χ4v) is 1.39. The second-order valence-corrected chi connectivity index (χ2v) is 3.51. The van der Waals surface area contributed by atoms with Gasteiger partial charge in [0.25, 0.3) is 0 Å². The van der Waals surface area contributed by atoms with Crippen molar-refractivity contribution in [3.63, 3.8) is 0 Å². The Morgan fingerprint density at radius 2 is 2.31 bits per heavy atom. The van der Waals surface area contributed by atoms with E-state index in [1.54, 1.807) is 19.2 Å². The van der Waals surface area contributed by atoms with E-state index in [2.05, 4.69) is 5.32 Å². The number of halogens is 1. The van der Waals surface area contributed by atoms with Gasteiger partial charge in [0.2, 0.25) is 0 Å². The molecule has 0 aromatic heterocycles. The highest BCUT2D eigenvalue weighted by atomic mass is 19.1. The van der Waals surface area contributed by atoms with Gasteiger partial charge in [0.05, 0.1) is 12.2 Å². The molecule has 1 aromatic rings. The zero-order chi connectivity index (χ0) is 12.0. The predicted molar refractivity (Wildman–Crippen MR) is 60.7 cm³/mol. The molecule has 1 N–H and O–H groups in total. The van der Waals surface area contributed by atoms with Gasteiger partial charge in [-0.2, -0.15) is 5.26 Å². The summed E-state index contributed by atoms with van der Waals surface area (Å²) in [4.78, 5) is 0. The van der Waals surface area contributed by atoms with Gasteiger partial charge in [-0.3, -0.25) is 0 Å². The molecule has 16 heavy (non-hydrogen) atoms. The van der Waals surface area contributed by atoms with E-state index in [4.69, 9.17) is 10.00 Å². The van der Waals surface area contributed by atoms with Crippen LogP contribution in [0.25, 0.3) is 0 Å². The molecule has 0 saturated carbocycles. The number of anilines is 1. The summed E-state index contributed by atoms with van der Waals surface area (Å²) >= 11 is 0. The lowest BCUT2D eigenvalue weighted by Crippen LogP contribution is -2.23. The van der Waals surface area contributed by atoms with Crippen LogP contribution in [0.5, 0.6) is 0 Å². The first-order valence-corrected chi connectivity index (χ1v) is 5.16. The Kier molecular flexibility index (Phi) is 4.74. The van der Waals surface area contributed by atoms with Crippen molar-refractivity contribution in [2.75, 3.05) is 19.0 Å². The molecule has 0 spiro atoms. The van der Waals surface area contributed by atoms with Gasteiger partial charge in [-0.05, 0) is 24.6 Å². The van der Waals surface area contributed by atoms with Crippen LogP contribution in [-0.2, 0) is 4.74 Å². The highest BCUT2D eigenvalue weighted by molar-refractivity contribution is 5.48. The highest BCUT2D eigenvalue weighted by Crippen LogP contribution is 2.15. The lowest BCUT2D eigenvalue weighted by Gasteiger charge is -2.17. The van der Waals surface area contributed by atoms with Crippen LogP contribution in [0.1, 0.15) is 18.9 Å². The summed E-state index contributed by atoms with van der Waals surface area (Å²) in [7, 11) is 1.63. The molecular weight excluding hydrogens is 207 g/mol. The fraction of sp³-hybridized carbons (Fsp3) is 0.417. The second kappa shape index (κ2) is 6.09. The van der Waals surface area contributed by atoms with Crippen LogP contribution in [0.15, 0.2) is 18.2 Å². The molecule has 0 saturated heterocycles. The number of methoxy groups -OCH3 is 1. The second-order valence-electron chi connectivity index (χ2n) is 3.51. The SMILES string of the molecule is CCC(COC)Nc1ccc(C#N)c(F)c1. The van der Waals surface area contributed by atoms with Crippen molar-refractivity contribution in [1.29, 1.82) is 5.26 Å². The third-order valence-electron chi connectivity index (χ3n) is 2.32. The molecule has 1 rings (SSSR count). The van der Waals surface area contributed by atoms with Crippen molar-refractivity contribution in [3.05, 3.63) is 29.6 Å². The van der Waals surface area contributed by atoms with Gasteiger partial charge in [0, 0.05) is 18.8 Å². The Labute approximate surface area is 94.8 Å². The van der Waals surface area contributed by atoms with E-state index in [0.717, 1.165) is 6.42 Å². The minimum atomic E-state index is -0.500. The van der Waals surface area contributed by atoms with E-state index in [1.165, 1.54) is 12.1 Å². The molecular formula is C12H15FN2O. The Hall–Kier alpha value is -1.60. The van der Waals surface area contributed by atoms with Crippen LogP contribution in [0, 0.1) is 17.1 Å². The Balaban J connectivity index is 2.74. The molecule has 0 aliphatic carbocycles. The number of ether oxygens (including phenoxy) is 1. The van der Waals surface area contributed by atoms with E-state index < -0.39 is 5.82 Å². The summed E-state index contributed by atoms with van der Waals surface area (Å²) in [6, 6.07) is 6.43. The Morgan fingerprint density at radius 3 is 2.81 bits per heavy atom. The first kappa shape index (κ1) is 12.5. The van der Waals surface area contributed by atoms with Crippen LogP contribution >= 0.6 is 0 Å². The normalized spacial score (nSPS) is 11.9. The summed E-state index contributed by atoms with van der Waals surface area (Å²) in [6.07, 6.45) is 0.884. The Morgan fingerprint density at radius 1 is 1.56 bits per heavy atom. The molecule has 4 heteroatoms. The van der Waals surface area contributed by atoms with Crippen molar-refractivity contribution in [2.45, 2.75) is 19.4 Å². The molecule has 0 aliphatic rings. The van der Waals surface area contributed by atoms with Crippen molar-refractivity contribution < 1.29 is 9.13 Å². The molecule has 0 aliphatic heterocycles. The largest absolute Gasteiger partial charge is 0.383 e. The number of rotatable bonds is 5. The summed E-state index contributed by atoms with van der Waals surface area (Å²) in [5, 5.41) is 11.7. The van der Waals surface area contributed by atoms with Gasteiger partial charge in [-0.15, -0.1) is 0 Å². The molecule has 3 nitrogen and oxygen atoms in total. The fourth-order valence-electron chi connectivity index (χ4n) is 1.39. The average molecular weight is 222 g/mol. The molecule has 0 amide bonds. The van der Waals surface area contributed by atoms with Gasteiger partial charge in [-0.1, -0.05) is 6.92 Å². The van der Waals surface area contributed by atoms with Crippen LogP contribution in [0.4, 0.5) is 10.1 Å². The van der Waals surface area contributed by atoms with Gasteiger partial charge < -0.3 is 10.1 Å². The molecule has 0 radical (unpaired) electrons. The maximum absolute atomic E-state index is 13.3. The highest BCUT2D eigenvalue weighted by Gasteiger charge is 2.07. The third-order valence-corrected chi connectivity index (χ3v) is 2.32. The number of hydrogen-bond donors (Lipinski definition) is 1. The third kappa shape index (κ3) is 3.21. The van der Waals surface area contributed by atoms with Crippen molar-refractivity contribution in [2.24, 2.45) is 0 Å². The van der Waals surface area contributed by atoms with Gasteiger partial charge in [-0.25, -0.2) is 4.39 Å². The molecule has 1 unspecified atom stereocenters. The van der Waals surface area contributed by atoms with E-state index >= 15 is 0 Å². The van der Waals surface area contributed by atoms with Crippen LogP contribution in [0.3, 0.4) is 0 Å². The smallest absolute Gasteiger partial charge is 0.143 e. The standard InChI is InChI=1S/C12H15FN2O/c1-3-10(8-16-2)15-11-5-4-9(7-14)12(13)6-11/h4-6,10,15H,3,8H2,1-2H3. The molecule has 86 valence electrons. The first-order valence-electron chi connectivity index (χ1n) is 5.16. The van der Waals surface area contributed by atoms with E-state index in [1.807, 2.05) is 6.92 Å². The lowest BCUT2D eigenvalue weighted by atomic mass is 10.2. The zero-order valence-electron chi connectivity index (χ0n) is 9.46. The first-order chi connectivity index (χ1) is 7.71. The lowest BCUT2D eigenvalue weighted by molar-refractivity contribution is 0.184. The summed E-state index contributed by atoms with van der Waals surface area (Å²) in [5.74, 6) is -0.500.